The Morgan fingerprint density at radius 1 is 1.09 bits per heavy atom. The molecule has 0 spiro atoms. The van der Waals surface area contributed by atoms with Gasteiger partial charge in [0, 0.05) is 12.5 Å². The lowest BCUT2D eigenvalue weighted by molar-refractivity contribution is -0.141. The number of amides is 1. The van der Waals surface area contributed by atoms with E-state index in [0.29, 0.717) is 29.8 Å². The summed E-state index contributed by atoms with van der Waals surface area (Å²) in [6.45, 7) is 5.39. The number of unbranched alkanes of at least 4 members (excludes halogenated alkanes) is 1. The number of fused-ring (bicyclic) bond motifs is 1. The molecule has 0 saturated heterocycles. The zero-order valence-corrected chi connectivity index (χ0v) is 19.2. The first kappa shape index (κ1) is 22.3. The summed E-state index contributed by atoms with van der Waals surface area (Å²) in [5.74, 6) is 1.05. The molecule has 0 bridgehead atoms. The molecule has 1 fully saturated rings. The minimum absolute atomic E-state index is 0.0422. The van der Waals surface area contributed by atoms with Gasteiger partial charge in [-0.25, -0.2) is 4.98 Å². The first-order valence-corrected chi connectivity index (χ1v) is 12.0. The Kier molecular flexibility index (Phi) is 7.03. The molecule has 168 valence electrons. The fraction of sp³-hybridized carbons (Fsp3) is 0.444. The predicted molar refractivity (Wildman–Crippen MR) is 129 cm³/mol. The van der Waals surface area contributed by atoms with E-state index in [1.807, 2.05) is 59.5 Å². The lowest BCUT2D eigenvalue weighted by atomic mass is 9.84. The molecule has 4 rings (SSSR count). The monoisotopic (exact) mass is 431 g/mol. The molecular weight excluding hydrogens is 398 g/mol. The second kappa shape index (κ2) is 10.1. The van der Waals surface area contributed by atoms with Gasteiger partial charge in [0.2, 0.25) is 5.91 Å². The van der Waals surface area contributed by atoms with Crippen LogP contribution in [-0.2, 0) is 11.3 Å². The van der Waals surface area contributed by atoms with E-state index in [2.05, 4.69) is 13.8 Å². The van der Waals surface area contributed by atoms with Crippen molar-refractivity contribution in [1.29, 1.82) is 0 Å². The van der Waals surface area contributed by atoms with E-state index in [9.17, 15) is 9.59 Å². The Bertz CT molecular complexity index is 1120. The van der Waals surface area contributed by atoms with Crippen molar-refractivity contribution in [2.24, 2.45) is 5.92 Å². The quantitative estimate of drug-likeness (QED) is 0.460. The molecule has 0 aliphatic heterocycles. The van der Waals surface area contributed by atoms with E-state index in [1.54, 1.807) is 4.57 Å². The number of aromatic nitrogens is 2. The van der Waals surface area contributed by atoms with Crippen molar-refractivity contribution in [3.8, 4) is 0 Å². The largest absolute Gasteiger partial charge is 0.332 e. The van der Waals surface area contributed by atoms with Crippen molar-refractivity contribution in [2.45, 2.75) is 65.0 Å². The molecular formula is C27H33N3O2. The van der Waals surface area contributed by atoms with Gasteiger partial charge in [0.15, 0.2) is 0 Å². The summed E-state index contributed by atoms with van der Waals surface area (Å²) in [7, 11) is 0. The third-order valence-electron chi connectivity index (χ3n) is 6.63. The number of carbonyl (C=O) groups is 1. The Labute approximate surface area is 190 Å². The normalized spacial score (nSPS) is 14.8. The van der Waals surface area contributed by atoms with Gasteiger partial charge in [0.05, 0.1) is 23.5 Å². The number of nitrogens with zero attached hydrogens (tertiary/aromatic N) is 3. The highest BCUT2D eigenvalue weighted by atomic mass is 16.2. The van der Waals surface area contributed by atoms with Gasteiger partial charge >= 0.3 is 0 Å². The van der Waals surface area contributed by atoms with E-state index in [1.165, 1.54) is 0 Å². The van der Waals surface area contributed by atoms with Crippen LogP contribution in [0.25, 0.3) is 10.9 Å². The van der Waals surface area contributed by atoms with Gasteiger partial charge in [-0.2, -0.15) is 0 Å². The summed E-state index contributed by atoms with van der Waals surface area (Å²) < 4.78 is 1.79. The van der Waals surface area contributed by atoms with Crippen molar-refractivity contribution in [2.75, 3.05) is 6.54 Å². The third-order valence-corrected chi connectivity index (χ3v) is 6.63. The second-order valence-corrected chi connectivity index (χ2v) is 8.80. The van der Waals surface area contributed by atoms with Crippen LogP contribution >= 0.6 is 0 Å². The van der Waals surface area contributed by atoms with Gasteiger partial charge in [-0.1, -0.05) is 69.2 Å². The van der Waals surface area contributed by atoms with E-state index >= 15 is 0 Å². The van der Waals surface area contributed by atoms with Crippen molar-refractivity contribution >= 4 is 16.8 Å². The van der Waals surface area contributed by atoms with Crippen molar-refractivity contribution < 1.29 is 4.79 Å². The number of rotatable bonds is 9. The van der Waals surface area contributed by atoms with E-state index in [0.717, 1.165) is 44.1 Å². The molecule has 1 aliphatic rings. The van der Waals surface area contributed by atoms with E-state index < -0.39 is 0 Å². The topological polar surface area (TPSA) is 55.2 Å². The van der Waals surface area contributed by atoms with E-state index in [-0.39, 0.29) is 23.4 Å². The Morgan fingerprint density at radius 2 is 1.81 bits per heavy atom. The van der Waals surface area contributed by atoms with E-state index in [4.69, 9.17) is 4.98 Å². The van der Waals surface area contributed by atoms with Crippen LogP contribution in [0.1, 0.15) is 69.8 Å². The molecule has 5 heteroatoms. The summed E-state index contributed by atoms with van der Waals surface area (Å²) in [4.78, 5) is 34.0. The van der Waals surface area contributed by atoms with Gasteiger partial charge in [-0.05, 0) is 43.4 Å². The molecule has 1 heterocycles. The highest BCUT2D eigenvalue weighted by Crippen LogP contribution is 2.33. The zero-order valence-electron chi connectivity index (χ0n) is 19.2. The molecule has 0 N–H and O–H groups in total. The van der Waals surface area contributed by atoms with Crippen molar-refractivity contribution in [3.63, 3.8) is 0 Å². The summed E-state index contributed by atoms with van der Waals surface area (Å²) >= 11 is 0. The van der Waals surface area contributed by atoms with Gasteiger partial charge in [0.1, 0.15) is 5.82 Å². The van der Waals surface area contributed by atoms with Crippen molar-refractivity contribution in [3.05, 3.63) is 76.3 Å². The number of benzene rings is 2. The smallest absolute Gasteiger partial charge is 0.261 e. The maximum Gasteiger partial charge on any atom is 0.261 e. The zero-order chi connectivity index (χ0) is 22.5. The lowest BCUT2D eigenvalue weighted by Gasteiger charge is -2.37. The molecule has 1 aromatic heterocycles. The molecule has 0 radical (unpaired) electrons. The van der Waals surface area contributed by atoms with Gasteiger partial charge in [-0.3, -0.25) is 14.2 Å². The molecule has 1 amide bonds. The second-order valence-electron chi connectivity index (χ2n) is 8.80. The number of carbonyl (C=O) groups excluding carboxylic acids is 1. The first-order chi connectivity index (χ1) is 15.6. The maximum absolute atomic E-state index is 13.6. The number of para-hydroxylation sites is 1. The summed E-state index contributed by atoms with van der Waals surface area (Å²) in [6, 6.07) is 17.3. The highest BCUT2D eigenvalue weighted by Gasteiger charge is 2.34. The lowest BCUT2D eigenvalue weighted by Crippen LogP contribution is -2.43. The summed E-state index contributed by atoms with van der Waals surface area (Å²) in [6.07, 6.45) is 5.77. The fourth-order valence-electron chi connectivity index (χ4n) is 4.54. The number of hydrogen-bond acceptors (Lipinski definition) is 3. The summed E-state index contributed by atoms with van der Waals surface area (Å²) in [5.41, 5.74) is 1.70. The molecule has 5 nitrogen and oxygen atoms in total. The number of hydrogen-bond donors (Lipinski definition) is 0. The fourth-order valence-corrected chi connectivity index (χ4v) is 4.54. The Hall–Kier alpha value is -2.95. The van der Waals surface area contributed by atoms with Crippen LogP contribution in [0.5, 0.6) is 0 Å². The molecule has 1 atom stereocenters. The van der Waals surface area contributed by atoms with Crippen LogP contribution in [0.15, 0.2) is 59.4 Å². The van der Waals surface area contributed by atoms with Crippen LogP contribution in [0.4, 0.5) is 0 Å². The SMILES string of the molecule is CCCCN(C(=O)C1CCC1)C(CC)c1nc2ccccc2c(=O)n1Cc1ccccc1. The third kappa shape index (κ3) is 4.47. The highest BCUT2D eigenvalue weighted by molar-refractivity contribution is 5.80. The molecule has 1 unspecified atom stereocenters. The standard InChI is InChI=1S/C27H33N3O2/c1-3-5-18-29(26(31)21-14-11-15-21)24(4-2)25-28-23-17-10-9-16-22(23)27(32)30(25)19-20-12-7-6-8-13-20/h6-10,12-13,16-17,21,24H,3-5,11,14-15,18-19H2,1-2H3. The molecule has 3 aromatic rings. The Morgan fingerprint density at radius 3 is 2.47 bits per heavy atom. The summed E-state index contributed by atoms with van der Waals surface area (Å²) in [5, 5.41) is 0.618. The minimum Gasteiger partial charge on any atom is -0.332 e. The predicted octanol–water partition coefficient (Wildman–Crippen LogP) is 5.32. The van der Waals surface area contributed by atoms with Crippen LogP contribution in [0, 0.1) is 5.92 Å². The van der Waals surface area contributed by atoms with Crippen LogP contribution in [-0.4, -0.2) is 26.9 Å². The van der Waals surface area contributed by atoms with Gasteiger partial charge in [-0.15, -0.1) is 0 Å². The molecule has 32 heavy (non-hydrogen) atoms. The minimum atomic E-state index is -0.212. The molecule has 1 saturated carbocycles. The van der Waals surface area contributed by atoms with Crippen LogP contribution < -0.4 is 5.56 Å². The molecule has 1 aliphatic carbocycles. The Balaban J connectivity index is 1.84. The van der Waals surface area contributed by atoms with Gasteiger partial charge in [0.25, 0.3) is 5.56 Å². The average molecular weight is 432 g/mol. The molecule has 2 aromatic carbocycles. The van der Waals surface area contributed by atoms with Crippen LogP contribution in [0.2, 0.25) is 0 Å². The van der Waals surface area contributed by atoms with Gasteiger partial charge < -0.3 is 4.90 Å². The maximum atomic E-state index is 13.6. The average Bonchev–Trinajstić information content (AvgIpc) is 2.78. The van der Waals surface area contributed by atoms with Crippen molar-refractivity contribution in [1.82, 2.24) is 14.5 Å². The van der Waals surface area contributed by atoms with Crippen LogP contribution in [0.3, 0.4) is 0 Å². The first-order valence-electron chi connectivity index (χ1n) is 12.0.